The van der Waals surface area contributed by atoms with Crippen LogP contribution in [-0.2, 0) is 14.4 Å². The summed E-state index contributed by atoms with van der Waals surface area (Å²) in [5, 5.41) is 2.54. The van der Waals surface area contributed by atoms with Crippen molar-refractivity contribution in [2.24, 2.45) is 11.5 Å². The molecule has 0 saturated heterocycles. The van der Waals surface area contributed by atoms with Gasteiger partial charge in [-0.1, -0.05) is 0 Å². The number of hydrogen-bond acceptors (Lipinski definition) is 4. The van der Waals surface area contributed by atoms with Gasteiger partial charge < -0.3 is 0 Å². The summed E-state index contributed by atoms with van der Waals surface area (Å²) in [5.74, 6) is -0.923. The number of rotatable bonds is 8. The number of nitrogens with one attached hydrogen (secondary N) is 1. The van der Waals surface area contributed by atoms with Gasteiger partial charge in [-0.2, -0.15) is 0 Å². The van der Waals surface area contributed by atoms with Crippen molar-refractivity contribution < 1.29 is 14.4 Å². The third-order valence-electron chi connectivity index (χ3n) is 2.45. The quantitative estimate of drug-likeness (QED) is 0.486. The Hall–Kier alpha value is -1.69. The topological polar surface area (TPSA) is 115 Å². The molecule has 0 saturated carbocycles. The van der Waals surface area contributed by atoms with Crippen molar-refractivity contribution >= 4 is 35.9 Å². The van der Waals surface area contributed by atoms with Crippen LogP contribution in [-0.4, -0.2) is 44.0 Å². The van der Waals surface area contributed by atoms with Crippen LogP contribution in [0.2, 0.25) is 0 Å². The molecular weight excluding hydrogens is 325 g/mol. The maximum atomic E-state index is 12.2. The van der Waals surface area contributed by atoms with Crippen molar-refractivity contribution in [3.05, 3.63) is 30.3 Å². The minimum atomic E-state index is -0.709. The van der Waals surface area contributed by atoms with E-state index in [0.717, 1.165) is 4.46 Å². The first-order chi connectivity index (χ1) is 9.52. The molecule has 0 heterocycles. The van der Waals surface area contributed by atoms with E-state index in [-0.39, 0.29) is 24.1 Å². The zero-order chi connectivity index (χ0) is 15.0. The Morgan fingerprint density at radius 3 is 2.40 bits per heavy atom. The van der Waals surface area contributed by atoms with Gasteiger partial charge in [0.05, 0.1) is 0 Å². The summed E-state index contributed by atoms with van der Waals surface area (Å²) < 4.78 is 0.808. The van der Waals surface area contributed by atoms with Gasteiger partial charge in [-0.05, 0) is 0 Å². The van der Waals surface area contributed by atoms with Gasteiger partial charge in [-0.15, -0.1) is 0 Å². The molecule has 0 bridgehead atoms. The molecule has 20 heavy (non-hydrogen) atoms. The summed E-state index contributed by atoms with van der Waals surface area (Å²) in [6.07, 6.45) is 0.251. The molecule has 6 nitrogen and oxygen atoms in total. The van der Waals surface area contributed by atoms with E-state index >= 15 is 0 Å². The van der Waals surface area contributed by atoms with E-state index in [1.54, 1.807) is 0 Å². The van der Waals surface area contributed by atoms with Crippen LogP contribution in [0.15, 0.2) is 30.3 Å². The monoisotopic (exact) mass is 343 g/mol. The van der Waals surface area contributed by atoms with Gasteiger partial charge in [0.1, 0.15) is 0 Å². The fourth-order valence-corrected chi connectivity index (χ4v) is 3.24. The third kappa shape index (κ3) is 5.97. The summed E-state index contributed by atoms with van der Waals surface area (Å²) in [5.41, 5.74) is 10.3. The number of hydrogen-bond donors (Lipinski definition) is 3. The first kappa shape index (κ1) is 16.4. The van der Waals surface area contributed by atoms with Crippen molar-refractivity contribution in [1.82, 2.24) is 5.32 Å². The SMILES string of the molecule is NCC(=O)N[C@@H](CCC(N)=O)C(=O)[Se]c1ccccc1. The van der Waals surface area contributed by atoms with Crippen LogP contribution in [0, 0.1) is 0 Å². The Labute approximate surface area is 123 Å². The molecule has 1 rings (SSSR count). The van der Waals surface area contributed by atoms with Gasteiger partial charge in [0, 0.05) is 0 Å². The van der Waals surface area contributed by atoms with Crippen molar-refractivity contribution in [1.29, 1.82) is 0 Å². The number of nitrogens with two attached hydrogens (primary N) is 2. The number of amides is 2. The molecule has 0 spiro atoms. The summed E-state index contributed by atoms with van der Waals surface area (Å²) in [6.45, 7) is -0.196. The van der Waals surface area contributed by atoms with Crippen LogP contribution in [0.5, 0.6) is 0 Å². The van der Waals surface area contributed by atoms with Crippen LogP contribution in [0.4, 0.5) is 0 Å². The molecule has 0 unspecified atom stereocenters. The number of carbonyl (C=O) groups excluding carboxylic acids is 3. The van der Waals surface area contributed by atoms with E-state index in [4.69, 9.17) is 11.5 Å². The first-order valence-electron chi connectivity index (χ1n) is 6.07. The molecule has 0 aliphatic carbocycles. The van der Waals surface area contributed by atoms with Gasteiger partial charge >= 0.3 is 123 Å². The molecule has 0 fully saturated rings. The van der Waals surface area contributed by atoms with Crippen LogP contribution in [0.1, 0.15) is 12.8 Å². The van der Waals surface area contributed by atoms with E-state index in [9.17, 15) is 14.4 Å². The second kappa shape index (κ2) is 8.47. The average Bonchev–Trinajstić information content (AvgIpc) is 2.43. The summed E-state index contributed by atoms with van der Waals surface area (Å²) in [4.78, 5) is 34.3. The Kier molecular flexibility index (Phi) is 6.93. The standard InChI is InChI=1S/C13H17N3O3Se/c14-8-12(18)16-10(6-7-11(15)17)13(19)20-9-4-2-1-3-5-9/h1-5,10H,6-8,14H2,(H2,15,17)(H,16,18)/t10-/m0/s1. The van der Waals surface area contributed by atoms with E-state index < -0.39 is 32.8 Å². The third-order valence-corrected chi connectivity index (χ3v) is 4.53. The zero-order valence-electron chi connectivity index (χ0n) is 10.9. The molecule has 5 N–H and O–H groups in total. The molecule has 1 atom stereocenters. The molecular formula is C13H17N3O3Se. The average molecular weight is 342 g/mol. The van der Waals surface area contributed by atoms with Crippen LogP contribution < -0.4 is 21.2 Å². The molecule has 2 amide bonds. The molecule has 0 aliphatic rings. The molecule has 1 aromatic carbocycles. The number of benzene rings is 1. The van der Waals surface area contributed by atoms with Crippen LogP contribution >= 0.6 is 0 Å². The fourth-order valence-electron chi connectivity index (χ4n) is 1.46. The fraction of sp³-hybridized carbons (Fsp3) is 0.308. The predicted octanol–water partition coefficient (Wildman–Crippen LogP) is -1.75. The summed E-state index contributed by atoms with van der Waals surface area (Å²) in [7, 11) is 0. The van der Waals surface area contributed by atoms with E-state index in [2.05, 4.69) is 5.32 Å². The molecule has 0 radical (unpaired) electrons. The molecule has 1 aromatic rings. The normalized spacial score (nSPS) is 11.7. The number of primary amides is 1. The van der Waals surface area contributed by atoms with Gasteiger partial charge in [0.15, 0.2) is 0 Å². The van der Waals surface area contributed by atoms with Gasteiger partial charge in [0.2, 0.25) is 0 Å². The van der Waals surface area contributed by atoms with Crippen molar-refractivity contribution in [3.8, 4) is 0 Å². The van der Waals surface area contributed by atoms with Crippen molar-refractivity contribution in [2.45, 2.75) is 18.9 Å². The molecule has 0 aliphatic heterocycles. The molecule has 108 valence electrons. The van der Waals surface area contributed by atoms with Crippen LogP contribution in [0.3, 0.4) is 0 Å². The summed E-state index contributed by atoms with van der Waals surface area (Å²) >= 11 is -0.425. The first-order valence-corrected chi connectivity index (χ1v) is 7.78. The van der Waals surface area contributed by atoms with E-state index in [0.29, 0.717) is 0 Å². The Balaban J connectivity index is 2.67. The Bertz CT molecular complexity index is 479. The van der Waals surface area contributed by atoms with Crippen LogP contribution in [0.25, 0.3) is 0 Å². The number of carbonyl (C=O) groups is 3. The molecule has 7 heteroatoms. The summed E-state index contributed by atoms with van der Waals surface area (Å²) in [6, 6.07) is 8.56. The van der Waals surface area contributed by atoms with Crippen molar-refractivity contribution in [3.63, 3.8) is 0 Å². The second-order valence-corrected chi connectivity index (χ2v) is 6.32. The second-order valence-electron chi connectivity index (χ2n) is 4.06. The minimum absolute atomic E-state index is 0.0477. The zero-order valence-corrected chi connectivity index (χ0v) is 12.6. The predicted molar refractivity (Wildman–Crippen MR) is 76.3 cm³/mol. The Morgan fingerprint density at radius 2 is 1.85 bits per heavy atom. The van der Waals surface area contributed by atoms with E-state index in [1.165, 1.54) is 0 Å². The molecule has 0 aromatic heterocycles. The van der Waals surface area contributed by atoms with E-state index in [1.807, 2.05) is 30.3 Å². The maximum absolute atomic E-state index is 12.2. The van der Waals surface area contributed by atoms with Gasteiger partial charge in [0.25, 0.3) is 0 Å². The van der Waals surface area contributed by atoms with Crippen molar-refractivity contribution in [2.75, 3.05) is 6.54 Å². The van der Waals surface area contributed by atoms with Gasteiger partial charge in [-0.3, -0.25) is 0 Å². The Morgan fingerprint density at radius 1 is 1.20 bits per heavy atom. The van der Waals surface area contributed by atoms with Gasteiger partial charge in [-0.25, -0.2) is 0 Å².